The van der Waals surface area contributed by atoms with Gasteiger partial charge in [0.1, 0.15) is 17.3 Å². The number of aliphatic hydroxyl groups is 1. The van der Waals surface area contributed by atoms with Crippen LogP contribution in [0.2, 0.25) is 0 Å². The Morgan fingerprint density at radius 1 is 1.25 bits per heavy atom. The van der Waals surface area contributed by atoms with Gasteiger partial charge >= 0.3 is 0 Å². The smallest absolute Gasteiger partial charge is 0.149 e. The molecule has 1 saturated heterocycles. The highest BCUT2D eigenvalue weighted by molar-refractivity contribution is 5.51. The van der Waals surface area contributed by atoms with Crippen molar-refractivity contribution < 1.29 is 13.9 Å². The lowest BCUT2D eigenvalue weighted by Crippen LogP contribution is -2.37. The maximum atomic E-state index is 14.0. The van der Waals surface area contributed by atoms with Gasteiger partial charge in [0.25, 0.3) is 0 Å². The second-order valence-electron chi connectivity index (χ2n) is 5.18. The molecule has 0 aromatic heterocycles. The van der Waals surface area contributed by atoms with Gasteiger partial charge in [-0.15, -0.1) is 0 Å². The minimum atomic E-state index is -0.589. The largest absolute Gasteiger partial charge is 0.392 e. The molecule has 1 aromatic rings. The second-order valence-corrected chi connectivity index (χ2v) is 5.18. The van der Waals surface area contributed by atoms with Gasteiger partial charge in [-0.25, -0.2) is 8.78 Å². The number of hydrogen-bond donors (Lipinski definition) is 1. The van der Waals surface area contributed by atoms with Gasteiger partial charge in [-0.1, -0.05) is 13.8 Å². The highest BCUT2D eigenvalue weighted by atomic mass is 19.1. The van der Waals surface area contributed by atoms with Crippen molar-refractivity contribution in [3.8, 4) is 0 Å². The Hall–Kier alpha value is -1.20. The fourth-order valence-corrected chi connectivity index (χ4v) is 2.99. The zero-order valence-corrected chi connectivity index (χ0v) is 12.1. The average Bonchev–Trinajstić information content (AvgIpc) is 2.88. The number of nitrogens with zero attached hydrogens (tertiary/aromatic N) is 2. The predicted molar refractivity (Wildman–Crippen MR) is 75.8 cm³/mol. The van der Waals surface area contributed by atoms with Crippen LogP contribution in [0.15, 0.2) is 12.1 Å². The van der Waals surface area contributed by atoms with Crippen LogP contribution >= 0.6 is 0 Å². The van der Waals surface area contributed by atoms with Crippen LogP contribution in [0.3, 0.4) is 0 Å². The van der Waals surface area contributed by atoms with Crippen molar-refractivity contribution in [3.05, 3.63) is 29.3 Å². The Bertz CT molecular complexity index is 440. The molecule has 0 spiro atoms. The van der Waals surface area contributed by atoms with Crippen molar-refractivity contribution in [1.82, 2.24) is 4.90 Å². The molecule has 2 rings (SSSR count). The van der Waals surface area contributed by atoms with E-state index in [1.807, 2.05) is 0 Å². The molecule has 1 aromatic carbocycles. The number of rotatable bonds is 5. The zero-order valence-electron chi connectivity index (χ0n) is 12.1. The van der Waals surface area contributed by atoms with E-state index in [1.54, 1.807) is 4.90 Å². The van der Waals surface area contributed by atoms with Crippen molar-refractivity contribution in [2.24, 2.45) is 0 Å². The van der Waals surface area contributed by atoms with Crippen LogP contribution in [0.5, 0.6) is 0 Å². The lowest BCUT2D eigenvalue weighted by molar-refractivity contribution is 0.232. The maximum Gasteiger partial charge on any atom is 0.149 e. The standard InChI is InChI=1S/C15H22F2N2O/c1-3-18(4-2)12-5-6-19(9-12)15-13(16)7-11(10-20)8-14(15)17/h7-8,12,20H,3-6,9-10H2,1-2H3. The summed E-state index contributed by atoms with van der Waals surface area (Å²) in [6.45, 7) is 7.05. The summed E-state index contributed by atoms with van der Waals surface area (Å²) < 4.78 is 28.1. The van der Waals surface area contributed by atoms with E-state index in [2.05, 4.69) is 18.7 Å². The molecular formula is C15H22F2N2O. The molecule has 1 N–H and O–H groups in total. The van der Waals surface area contributed by atoms with Crippen molar-refractivity contribution >= 4 is 5.69 Å². The first-order valence-corrected chi connectivity index (χ1v) is 7.18. The Labute approximate surface area is 118 Å². The SMILES string of the molecule is CCN(CC)C1CCN(c2c(F)cc(CO)cc2F)C1. The van der Waals surface area contributed by atoms with E-state index in [1.165, 1.54) is 12.1 Å². The van der Waals surface area contributed by atoms with E-state index in [0.717, 1.165) is 19.5 Å². The normalized spacial score (nSPS) is 19.1. The molecule has 1 fully saturated rings. The van der Waals surface area contributed by atoms with Crippen molar-refractivity contribution in [3.63, 3.8) is 0 Å². The van der Waals surface area contributed by atoms with E-state index in [0.29, 0.717) is 19.1 Å². The van der Waals surface area contributed by atoms with Gasteiger partial charge in [-0.05, 0) is 37.2 Å². The summed E-state index contributed by atoms with van der Waals surface area (Å²) in [5, 5.41) is 8.97. The third-order valence-electron chi connectivity index (χ3n) is 4.07. The first-order valence-electron chi connectivity index (χ1n) is 7.18. The summed E-state index contributed by atoms with van der Waals surface area (Å²) in [6, 6.07) is 2.77. The average molecular weight is 284 g/mol. The molecule has 5 heteroatoms. The van der Waals surface area contributed by atoms with Crippen molar-refractivity contribution in [2.75, 3.05) is 31.1 Å². The third-order valence-corrected chi connectivity index (χ3v) is 4.07. The Morgan fingerprint density at radius 2 is 1.85 bits per heavy atom. The monoisotopic (exact) mass is 284 g/mol. The first kappa shape index (κ1) is 15.2. The van der Waals surface area contributed by atoms with E-state index >= 15 is 0 Å². The number of hydrogen-bond acceptors (Lipinski definition) is 3. The molecule has 1 aliphatic rings. The molecule has 1 unspecified atom stereocenters. The van der Waals surface area contributed by atoms with Gasteiger partial charge in [0.15, 0.2) is 0 Å². The Kier molecular flexibility index (Phi) is 4.94. The highest BCUT2D eigenvalue weighted by Gasteiger charge is 2.29. The lowest BCUT2D eigenvalue weighted by Gasteiger charge is -2.27. The molecule has 20 heavy (non-hydrogen) atoms. The minimum absolute atomic E-state index is 0.0388. The van der Waals surface area contributed by atoms with E-state index in [-0.39, 0.29) is 17.9 Å². The topological polar surface area (TPSA) is 26.7 Å². The number of likely N-dealkylation sites (N-methyl/N-ethyl adjacent to an activating group) is 1. The van der Waals surface area contributed by atoms with Gasteiger partial charge in [-0.3, -0.25) is 4.90 Å². The Balaban J connectivity index is 2.18. The number of anilines is 1. The molecule has 0 bridgehead atoms. The fourth-order valence-electron chi connectivity index (χ4n) is 2.99. The van der Waals surface area contributed by atoms with Crippen LogP contribution in [0.1, 0.15) is 25.8 Å². The third kappa shape index (κ3) is 2.94. The van der Waals surface area contributed by atoms with Crippen molar-refractivity contribution in [1.29, 1.82) is 0 Å². The molecule has 0 radical (unpaired) electrons. The molecule has 1 heterocycles. The second kappa shape index (κ2) is 6.50. The highest BCUT2D eigenvalue weighted by Crippen LogP contribution is 2.29. The number of benzene rings is 1. The zero-order chi connectivity index (χ0) is 14.7. The molecule has 0 amide bonds. The van der Waals surface area contributed by atoms with Crippen LogP contribution in [-0.2, 0) is 6.61 Å². The molecule has 112 valence electrons. The molecule has 0 aliphatic carbocycles. The van der Waals surface area contributed by atoms with Gasteiger partial charge < -0.3 is 10.0 Å². The van der Waals surface area contributed by atoms with E-state index in [4.69, 9.17) is 5.11 Å². The molecular weight excluding hydrogens is 262 g/mol. The quantitative estimate of drug-likeness (QED) is 0.899. The van der Waals surface area contributed by atoms with Crippen LogP contribution in [0.4, 0.5) is 14.5 Å². The molecule has 0 saturated carbocycles. The lowest BCUT2D eigenvalue weighted by atomic mass is 10.2. The Morgan fingerprint density at radius 3 is 2.35 bits per heavy atom. The predicted octanol–water partition coefficient (Wildman–Crippen LogP) is 2.38. The van der Waals surface area contributed by atoms with Crippen LogP contribution in [0.25, 0.3) is 0 Å². The van der Waals surface area contributed by atoms with Gasteiger partial charge in [0.2, 0.25) is 0 Å². The summed E-state index contributed by atoms with van der Waals surface area (Å²) >= 11 is 0. The summed E-state index contributed by atoms with van der Waals surface area (Å²) in [5.41, 5.74) is 0.306. The fraction of sp³-hybridized carbons (Fsp3) is 0.600. The van der Waals surface area contributed by atoms with E-state index in [9.17, 15) is 8.78 Å². The first-order chi connectivity index (χ1) is 9.60. The van der Waals surface area contributed by atoms with Crippen LogP contribution < -0.4 is 4.90 Å². The molecule has 3 nitrogen and oxygen atoms in total. The van der Waals surface area contributed by atoms with Gasteiger partial charge in [-0.2, -0.15) is 0 Å². The van der Waals surface area contributed by atoms with Gasteiger partial charge in [0, 0.05) is 19.1 Å². The van der Waals surface area contributed by atoms with Crippen LogP contribution in [-0.4, -0.2) is 42.2 Å². The maximum absolute atomic E-state index is 14.0. The number of halogens is 2. The summed E-state index contributed by atoms with van der Waals surface area (Å²) in [4.78, 5) is 4.09. The summed E-state index contributed by atoms with van der Waals surface area (Å²) in [5.74, 6) is -1.18. The van der Waals surface area contributed by atoms with Gasteiger partial charge in [0.05, 0.1) is 6.61 Å². The summed E-state index contributed by atoms with van der Waals surface area (Å²) in [6.07, 6.45) is 0.919. The van der Waals surface area contributed by atoms with E-state index < -0.39 is 11.6 Å². The van der Waals surface area contributed by atoms with Crippen molar-refractivity contribution in [2.45, 2.75) is 32.9 Å². The summed E-state index contributed by atoms with van der Waals surface area (Å²) in [7, 11) is 0. The minimum Gasteiger partial charge on any atom is -0.392 e. The molecule has 1 atom stereocenters. The van der Waals surface area contributed by atoms with Crippen LogP contribution in [0, 0.1) is 11.6 Å². The number of aliphatic hydroxyl groups excluding tert-OH is 1. The molecule has 1 aliphatic heterocycles.